The lowest BCUT2D eigenvalue weighted by Crippen LogP contribution is -2.16. The molecule has 6 nitrogen and oxygen atoms in total. The van der Waals surface area contributed by atoms with Crippen molar-refractivity contribution in [3.63, 3.8) is 0 Å². The molecule has 0 spiro atoms. The molecule has 0 saturated heterocycles. The fraction of sp³-hybridized carbons (Fsp3) is 0.231. The Morgan fingerprint density at radius 1 is 1.32 bits per heavy atom. The Bertz CT molecular complexity index is 670. The van der Waals surface area contributed by atoms with Crippen molar-refractivity contribution in [3.05, 3.63) is 40.2 Å². The zero-order valence-electron chi connectivity index (χ0n) is 10.9. The molecular weight excluding hydrogens is 248 g/mol. The summed E-state index contributed by atoms with van der Waals surface area (Å²) < 4.78 is 11.4. The van der Waals surface area contributed by atoms with Crippen molar-refractivity contribution in [2.75, 3.05) is 7.11 Å². The van der Waals surface area contributed by atoms with Crippen LogP contribution in [0.4, 0.5) is 0 Å². The van der Waals surface area contributed by atoms with E-state index in [0.717, 1.165) is 0 Å². The third-order valence-electron chi connectivity index (χ3n) is 2.65. The van der Waals surface area contributed by atoms with E-state index < -0.39 is 5.97 Å². The van der Waals surface area contributed by atoms with Crippen molar-refractivity contribution in [2.45, 2.75) is 13.8 Å². The zero-order valence-corrected chi connectivity index (χ0v) is 10.9. The van der Waals surface area contributed by atoms with Crippen LogP contribution in [0.1, 0.15) is 12.5 Å². The minimum absolute atomic E-state index is 0.142. The molecule has 0 unspecified atom stereocenters. The van der Waals surface area contributed by atoms with Gasteiger partial charge in [-0.1, -0.05) is 12.1 Å². The maximum atomic E-state index is 12.1. The van der Waals surface area contributed by atoms with E-state index in [2.05, 4.69) is 5.10 Å². The van der Waals surface area contributed by atoms with Gasteiger partial charge in [0.25, 0.3) is 5.56 Å². The molecule has 100 valence electrons. The summed E-state index contributed by atoms with van der Waals surface area (Å²) in [7, 11) is 1.52. The number of carbonyl (C=O) groups is 1. The maximum Gasteiger partial charge on any atom is 0.309 e. The van der Waals surface area contributed by atoms with Gasteiger partial charge in [0, 0.05) is 6.92 Å². The van der Waals surface area contributed by atoms with Gasteiger partial charge in [-0.05, 0) is 19.1 Å². The summed E-state index contributed by atoms with van der Waals surface area (Å²) >= 11 is 0. The summed E-state index contributed by atoms with van der Waals surface area (Å²) in [5.74, 6) is 0.195. The number of ether oxygens (including phenoxy) is 2. The topological polar surface area (TPSA) is 73.3 Å². The van der Waals surface area contributed by atoms with Gasteiger partial charge in [0.1, 0.15) is 11.4 Å². The molecule has 0 radical (unpaired) electrons. The second-order valence-electron chi connectivity index (χ2n) is 3.97. The number of H-pyrrole nitrogens is 1. The maximum absolute atomic E-state index is 12.1. The highest BCUT2D eigenvalue weighted by atomic mass is 16.5. The van der Waals surface area contributed by atoms with E-state index in [-0.39, 0.29) is 11.4 Å². The summed E-state index contributed by atoms with van der Waals surface area (Å²) in [6.45, 7) is 2.86. The van der Waals surface area contributed by atoms with Gasteiger partial charge in [0.2, 0.25) is 5.88 Å². The molecule has 0 bridgehead atoms. The van der Waals surface area contributed by atoms with E-state index in [4.69, 9.17) is 9.47 Å². The monoisotopic (exact) mass is 262 g/mol. The van der Waals surface area contributed by atoms with Gasteiger partial charge in [-0.2, -0.15) is 0 Å². The normalized spacial score (nSPS) is 10.3. The number of aromatic nitrogens is 2. The lowest BCUT2D eigenvalue weighted by atomic mass is 10.3. The van der Waals surface area contributed by atoms with E-state index in [9.17, 15) is 9.59 Å². The van der Waals surface area contributed by atoms with Gasteiger partial charge in [-0.15, -0.1) is 0 Å². The molecule has 1 aromatic heterocycles. The number of hydrogen-bond donors (Lipinski definition) is 1. The van der Waals surface area contributed by atoms with Crippen LogP contribution >= 0.6 is 0 Å². The van der Waals surface area contributed by atoms with Gasteiger partial charge < -0.3 is 9.47 Å². The largest absolute Gasteiger partial charge is 0.494 e. The van der Waals surface area contributed by atoms with Crippen molar-refractivity contribution >= 4 is 5.97 Å². The second-order valence-corrected chi connectivity index (χ2v) is 3.97. The number of methoxy groups -OCH3 is 1. The molecule has 6 heteroatoms. The molecule has 0 aliphatic heterocycles. The first-order chi connectivity index (χ1) is 9.04. The number of carbonyl (C=O) groups excluding carboxylic acids is 1. The summed E-state index contributed by atoms with van der Waals surface area (Å²) in [5, 5.41) is 2.75. The number of nitrogens with zero attached hydrogens (tertiary/aromatic N) is 1. The lowest BCUT2D eigenvalue weighted by Gasteiger charge is -2.07. The summed E-state index contributed by atoms with van der Waals surface area (Å²) in [5.41, 5.74) is 0.596. The molecule has 0 amide bonds. The molecule has 0 aliphatic rings. The van der Waals surface area contributed by atoms with Crippen LogP contribution in [0, 0.1) is 6.92 Å². The van der Waals surface area contributed by atoms with E-state index >= 15 is 0 Å². The van der Waals surface area contributed by atoms with Crippen molar-refractivity contribution in [1.82, 2.24) is 9.78 Å². The van der Waals surface area contributed by atoms with Crippen LogP contribution in [0.3, 0.4) is 0 Å². The van der Waals surface area contributed by atoms with Crippen LogP contribution in [-0.4, -0.2) is 22.9 Å². The van der Waals surface area contributed by atoms with Crippen LogP contribution in [0.2, 0.25) is 0 Å². The minimum Gasteiger partial charge on any atom is -0.494 e. The lowest BCUT2D eigenvalue weighted by molar-refractivity contribution is -0.132. The first-order valence-corrected chi connectivity index (χ1v) is 5.68. The Morgan fingerprint density at radius 2 is 2.00 bits per heavy atom. The third-order valence-corrected chi connectivity index (χ3v) is 2.65. The van der Waals surface area contributed by atoms with Crippen molar-refractivity contribution in [3.8, 4) is 17.3 Å². The standard InChI is InChI=1S/C13H14N2O4/c1-8-12(19-9(2)16)14-15(13(8)17)10-6-4-5-7-11(10)18-3/h4-7,14H,1-3H3. The molecule has 1 heterocycles. The Labute approximate surface area is 109 Å². The Balaban J connectivity index is 2.57. The van der Waals surface area contributed by atoms with E-state index in [1.54, 1.807) is 31.2 Å². The molecule has 2 rings (SSSR count). The van der Waals surface area contributed by atoms with Crippen molar-refractivity contribution in [1.29, 1.82) is 0 Å². The van der Waals surface area contributed by atoms with Crippen LogP contribution in [0.25, 0.3) is 5.69 Å². The Morgan fingerprint density at radius 3 is 2.63 bits per heavy atom. The average Bonchev–Trinajstić information content (AvgIpc) is 2.66. The fourth-order valence-electron chi connectivity index (χ4n) is 1.73. The number of benzene rings is 1. The molecular formula is C13H14N2O4. The average molecular weight is 262 g/mol. The molecule has 0 fully saturated rings. The Kier molecular flexibility index (Phi) is 3.41. The Hall–Kier alpha value is -2.50. The van der Waals surface area contributed by atoms with Crippen molar-refractivity contribution < 1.29 is 14.3 Å². The molecule has 1 aromatic carbocycles. The minimum atomic E-state index is -0.489. The molecule has 0 aliphatic carbocycles. The van der Waals surface area contributed by atoms with Crippen LogP contribution in [-0.2, 0) is 4.79 Å². The molecule has 2 aromatic rings. The second kappa shape index (κ2) is 5.01. The highest BCUT2D eigenvalue weighted by Crippen LogP contribution is 2.22. The highest BCUT2D eigenvalue weighted by Gasteiger charge is 2.16. The van der Waals surface area contributed by atoms with E-state index in [1.807, 2.05) is 0 Å². The SMILES string of the molecule is COc1ccccc1-n1[nH]c(OC(C)=O)c(C)c1=O. The summed E-state index contributed by atoms with van der Waals surface area (Å²) in [4.78, 5) is 23.1. The van der Waals surface area contributed by atoms with Crippen molar-refractivity contribution in [2.24, 2.45) is 0 Å². The van der Waals surface area contributed by atoms with Gasteiger partial charge in [0.15, 0.2) is 0 Å². The number of rotatable bonds is 3. The van der Waals surface area contributed by atoms with Crippen LogP contribution in [0.15, 0.2) is 29.1 Å². The summed E-state index contributed by atoms with van der Waals surface area (Å²) in [6.07, 6.45) is 0. The van der Waals surface area contributed by atoms with Gasteiger partial charge >= 0.3 is 5.97 Å². The smallest absolute Gasteiger partial charge is 0.309 e. The number of aromatic amines is 1. The first-order valence-electron chi connectivity index (χ1n) is 5.68. The molecule has 1 N–H and O–H groups in total. The van der Waals surface area contributed by atoms with Crippen LogP contribution in [0.5, 0.6) is 11.6 Å². The fourth-order valence-corrected chi connectivity index (χ4v) is 1.73. The van der Waals surface area contributed by atoms with Gasteiger partial charge in [-0.25, -0.2) is 4.68 Å². The highest BCUT2D eigenvalue weighted by molar-refractivity contribution is 5.69. The number of nitrogens with one attached hydrogen (secondary N) is 1. The quantitative estimate of drug-likeness (QED) is 0.849. The number of para-hydroxylation sites is 2. The predicted molar refractivity (Wildman–Crippen MR) is 69.0 cm³/mol. The molecule has 0 saturated carbocycles. The first kappa shape index (κ1) is 12.9. The number of esters is 1. The van der Waals surface area contributed by atoms with Crippen LogP contribution < -0.4 is 15.0 Å². The third kappa shape index (κ3) is 2.37. The van der Waals surface area contributed by atoms with Gasteiger partial charge in [0.05, 0.1) is 12.7 Å². The zero-order chi connectivity index (χ0) is 14.0. The number of hydrogen-bond acceptors (Lipinski definition) is 4. The molecule has 0 atom stereocenters. The summed E-state index contributed by atoms with van der Waals surface area (Å²) in [6, 6.07) is 7.05. The molecule has 19 heavy (non-hydrogen) atoms. The van der Waals surface area contributed by atoms with E-state index in [1.165, 1.54) is 18.7 Å². The van der Waals surface area contributed by atoms with Gasteiger partial charge in [-0.3, -0.25) is 14.7 Å². The predicted octanol–water partition coefficient (Wildman–Crippen LogP) is 1.41. The van der Waals surface area contributed by atoms with E-state index in [0.29, 0.717) is 17.0 Å².